The van der Waals surface area contributed by atoms with Crippen LogP contribution in [0.3, 0.4) is 0 Å². The number of fused-ring (bicyclic) bond motifs is 1. The van der Waals surface area contributed by atoms with Gasteiger partial charge in [-0.1, -0.05) is 33.3 Å². The van der Waals surface area contributed by atoms with Crippen molar-refractivity contribution in [3.63, 3.8) is 0 Å². The predicted molar refractivity (Wildman–Crippen MR) is 81.8 cm³/mol. The van der Waals surface area contributed by atoms with E-state index in [2.05, 4.69) is 55.8 Å². The first kappa shape index (κ1) is 14.0. The zero-order valence-corrected chi connectivity index (χ0v) is 12.4. The van der Waals surface area contributed by atoms with Crippen molar-refractivity contribution in [1.29, 1.82) is 0 Å². The van der Waals surface area contributed by atoms with Crippen LogP contribution >= 0.6 is 0 Å². The average Bonchev–Trinajstić information content (AvgIpc) is 2.80. The fourth-order valence-electron chi connectivity index (χ4n) is 2.61. The van der Waals surface area contributed by atoms with Gasteiger partial charge in [-0.3, -0.25) is 0 Å². The Morgan fingerprint density at radius 1 is 1.16 bits per heavy atom. The monoisotopic (exact) mass is 259 g/mol. The minimum Gasteiger partial charge on any atom is -0.493 e. The fourth-order valence-corrected chi connectivity index (χ4v) is 2.61. The third-order valence-electron chi connectivity index (χ3n) is 3.53. The standard InChI is InChI=1S/C17H25NO/c1-4-7-14(3)13-18-11-10-15-16(18)8-6-9-17(15)19-12-5-2/h6,8-11,14H,4-5,7,12-13H2,1-3H3. The molecule has 0 aliphatic heterocycles. The summed E-state index contributed by atoms with van der Waals surface area (Å²) in [5.41, 5.74) is 1.29. The van der Waals surface area contributed by atoms with Crippen LogP contribution in [-0.2, 0) is 6.54 Å². The lowest BCUT2D eigenvalue weighted by Gasteiger charge is -2.13. The van der Waals surface area contributed by atoms with Gasteiger partial charge in [0.05, 0.1) is 12.1 Å². The van der Waals surface area contributed by atoms with Crippen LogP contribution < -0.4 is 4.74 Å². The van der Waals surface area contributed by atoms with Crippen molar-refractivity contribution in [3.05, 3.63) is 30.5 Å². The van der Waals surface area contributed by atoms with Crippen LogP contribution in [0.15, 0.2) is 30.5 Å². The molecule has 104 valence electrons. The first-order valence-corrected chi connectivity index (χ1v) is 7.46. The minimum atomic E-state index is 0.723. The van der Waals surface area contributed by atoms with Crippen LogP contribution in [0.2, 0.25) is 0 Å². The second-order valence-corrected chi connectivity index (χ2v) is 5.40. The minimum absolute atomic E-state index is 0.723. The zero-order valence-electron chi connectivity index (χ0n) is 12.4. The highest BCUT2D eigenvalue weighted by Crippen LogP contribution is 2.27. The lowest BCUT2D eigenvalue weighted by Crippen LogP contribution is -2.06. The molecule has 1 aromatic carbocycles. The lowest BCUT2D eigenvalue weighted by atomic mass is 10.1. The van der Waals surface area contributed by atoms with Crippen LogP contribution in [0.1, 0.15) is 40.0 Å². The van der Waals surface area contributed by atoms with Crippen molar-refractivity contribution < 1.29 is 4.74 Å². The van der Waals surface area contributed by atoms with E-state index in [0.717, 1.165) is 31.2 Å². The van der Waals surface area contributed by atoms with Gasteiger partial charge in [0.2, 0.25) is 0 Å². The van der Waals surface area contributed by atoms with Gasteiger partial charge in [0.25, 0.3) is 0 Å². The van der Waals surface area contributed by atoms with Crippen molar-refractivity contribution in [3.8, 4) is 5.75 Å². The number of hydrogen-bond acceptors (Lipinski definition) is 1. The molecule has 1 atom stereocenters. The van der Waals surface area contributed by atoms with Gasteiger partial charge in [0.1, 0.15) is 5.75 Å². The highest BCUT2D eigenvalue weighted by molar-refractivity contribution is 5.86. The van der Waals surface area contributed by atoms with Gasteiger partial charge in [0.15, 0.2) is 0 Å². The number of benzene rings is 1. The molecule has 0 aliphatic carbocycles. The second kappa shape index (κ2) is 6.65. The molecule has 1 aromatic heterocycles. The molecule has 2 nitrogen and oxygen atoms in total. The van der Waals surface area contributed by atoms with Gasteiger partial charge in [-0.25, -0.2) is 0 Å². The molecule has 19 heavy (non-hydrogen) atoms. The predicted octanol–water partition coefficient (Wildman–Crippen LogP) is 4.87. The maximum atomic E-state index is 5.82. The maximum Gasteiger partial charge on any atom is 0.128 e. The molecule has 0 spiro atoms. The molecule has 0 saturated carbocycles. The Balaban J connectivity index is 2.22. The van der Waals surface area contributed by atoms with Gasteiger partial charge in [-0.05, 0) is 37.0 Å². The van der Waals surface area contributed by atoms with Crippen molar-refractivity contribution in [2.75, 3.05) is 6.61 Å². The lowest BCUT2D eigenvalue weighted by molar-refractivity contribution is 0.321. The highest BCUT2D eigenvalue weighted by atomic mass is 16.5. The van der Waals surface area contributed by atoms with E-state index in [1.54, 1.807) is 0 Å². The third kappa shape index (κ3) is 3.31. The Bertz CT molecular complexity index is 515. The van der Waals surface area contributed by atoms with E-state index in [0.29, 0.717) is 0 Å². The Kier molecular flexibility index (Phi) is 4.89. The van der Waals surface area contributed by atoms with E-state index in [4.69, 9.17) is 4.74 Å². The Morgan fingerprint density at radius 3 is 2.74 bits per heavy atom. The molecule has 0 fully saturated rings. The summed E-state index contributed by atoms with van der Waals surface area (Å²) in [7, 11) is 0. The van der Waals surface area contributed by atoms with E-state index < -0.39 is 0 Å². The Labute approximate surface area is 116 Å². The molecule has 2 heteroatoms. The fraction of sp³-hybridized carbons (Fsp3) is 0.529. The van der Waals surface area contributed by atoms with E-state index in [1.165, 1.54) is 23.7 Å². The Morgan fingerprint density at radius 2 is 2.00 bits per heavy atom. The normalized spacial score (nSPS) is 12.8. The second-order valence-electron chi connectivity index (χ2n) is 5.40. The summed E-state index contributed by atoms with van der Waals surface area (Å²) < 4.78 is 8.18. The largest absolute Gasteiger partial charge is 0.493 e. The van der Waals surface area contributed by atoms with Crippen molar-refractivity contribution >= 4 is 10.9 Å². The number of nitrogens with zero attached hydrogens (tertiary/aromatic N) is 1. The molecule has 0 aliphatic rings. The van der Waals surface area contributed by atoms with Crippen molar-refractivity contribution in [2.45, 2.75) is 46.6 Å². The average molecular weight is 259 g/mol. The van der Waals surface area contributed by atoms with Crippen molar-refractivity contribution in [1.82, 2.24) is 4.57 Å². The third-order valence-corrected chi connectivity index (χ3v) is 3.53. The number of ether oxygens (including phenoxy) is 1. The summed E-state index contributed by atoms with van der Waals surface area (Å²) in [5.74, 6) is 1.74. The van der Waals surface area contributed by atoms with E-state index in [-0.39, 0.29) is 0 Å². The summed E-state index contributed by atoms with van der Waals surface area (Å²) in [6.45, 7) is 8.59. The van der Waals surface area contributed by atoms with Gasteiger partial charge in [-0.15, -0.1) is 0 Å². The zero-order chi connectivity index (χ0) is 13.7. The molecule has 0 radical (unpaired) electrons. The summed E-state index contributed by atoms with van der Waals surface area (Å²) in [5, 5.41) is 1.24. The van der Waals surface area contributed by atoms with Crippen LogP contribution in [0.5, 0.6) is 5.75 Å². The Hall–Kier alpha value is -1.44. The SMILES string of the molecule is CCCOc1cccc2c1ccn2CC(C)CCC. The van der Waals surface area contributed by atoms with E-state index in [1.807, 2.05) is 0 Å². The molecule has 0 amide bonds. The molecule has 2 rings (SSSR count). The number of rotatable bonds is 7. The number of aromatic nitrogens is 1. The molecule has 0 N–H and O–H groups in total. The molecule has 0 bridgehead atoms. The van der Waals surface area contributed by atoms with Crippen LogP contribution in [-0.4, -0.2) is 11.2 Å². The maximum absolute atomic E-state index is 5.82. The van der Waals surface area contributed by atoms with Crippen molar-refractivity contribution in [2.24, 2.45) is 5.92 Å². The van der Waals surface area contributed by atoms with E-state index in [9.17, 15) is 0 Å². The summed E-state index contributed by atoms with van der Waals surface area (Å²) in [4.78, 5) is 0. The molecular formula is C17H25NO. The first-order chi connectivity index (χ1) is 9.26. The van der Waals surface area contributed by atoms with Gasteiger partial charge >= 0.3 is 0 Å². The summed E-state index contributed by atoms with van der Waals surface area (Å²) in [6.07, 6.45) is 5.77. The summed E-state index contributed by atoms with van der Waals surface area (Å²) in [6, 6.07) is 8.53. The van der Waals surface area contributed by atoms with Gasteiger partial charge in [-0.2, -0.15) is 0 Å². The number of hydrogen-bond donors (Lipinski definition) is 0. The first-order valence-electron chi connectivity index (χ1n) is 7.46. The quantitative estimate of drug-likeness (QED) is 0.692. The summed E-state index contributed by atoms with van der Waals surface area (Å²) >= 11 is 0. The highest BCUT2D eigenvalue weighted by Gasteiger charge is 2.08. The van der Waals surface area contributed by atoms with Crippen LogP contribution in [0, 0.1) is 5.92 Å². The van der Waals surface area contributed by atoms with Crippen LogP contribution in [0.25, 0.3) is 10.9 Å². The smallest absolute Gasteiger partial charge is 0.128 e. The van der Waals surface area contributed by atoms with Gasteiger partial charge in [0, 0.05) is 18.1 Å². The molecule has 0 saturated heterocycles. The molecule has 1 unspecified atom stereocenters. The molecular weight excluding hydrogens is 234 g/mol. The topological polar surface area (TPSA) is 14.2 Å². The molecule has 1 heterocycles. The van der Waals surface area contributed by atoms with Gasteiger partial charge < -0.3 is 9.30 Å². The molecule has 2 aromatic rings. The van der Waals surface area contributed by atoms with Crippen LogP contribution in [0.4, 0.5) is 0 Å². The van der Waals surface area contributed by atoms with E-state index >= 15 is 0 Å².